The quantitative estimate of drug-likeness (QED) is 0.797. The predicted octanol–water partition coefficient (Wildman–Crippen LogP) is 1.05. The summed E-state index contributed by atoms with van der Waals surface area (Å²) in [7, 11) is -3.02. The van der Waals surface area contributed by atoms with E-state index < -0.39 is 10.0 Å². The van der Waals surface area contributed by atoms with Crippen molar-refractivity contribution in [1.82, 2.24) is 9.62 Å². The second-order valence-electron chi connectivity index (χ2n) is 3.60. The first kappa shape index (κ1) is 14.9. The Bertz CT molecular complexity index is 244. The van der Waals surface area contributed by atoms with E-state index in [0.29, 0.717) is 0 Å². The lowest BCUT2D eigenvalue weighted by molar-refractivity contribution is 0.217. The van der Waals surface area contributed by atoms with Crippen LogP contribution in [0.2, 0.25) is 0 Å². The van der Waals surface area contributed by atoms with E-state index in [4.69, 9.17) is 0 Å². The minimum absolute atomic E-state index is 0.151. The molecular formula is C10H24N2O2S. The first-order valence-corrected chi connectivity index (χ1v) is 7.60. The van der Waals surface area contributed by atoms with Crippen molar-refractivity contribution in [3.05, 3.63) is 0 Å². The Morgan fingerprint density at radius 3 is 2.07 bits per heavy atom. The van der Waals surface area contributed by atoms with E-state index in [1.54, 1.807) is 0 Å². The zero-order valence-corrected chi connectivity index (χ0v) is 11.1. The summed E-state index contributed by atoms with van der Waals surface area (Å²) < 4.78 is 24.5. The highest BCUT2D eigenvalue weighted by molar-refractivity contribution is 7.88. The number of likely N-dealkylation sites (tertiary alicyclic amines) is 1. The molecule has 0 radical (unpaired) electrons. The number of nitrogens with zero attached hydrogens (tertiary/aromatic N) is 1. The molecule has 1 rings (SSSR count). The fourth-order valence-corrected chi connectivity index (χ4v) is 2.51. The van der Waals surface area contributed by atoms with Crippen LogP contribution in [0, 0.1) is 0 Å². The van der Waals surface area contributed by atoms with E-state index >= 15 is 0 Å². The molecule has 0 aliphatic carbocycles. The van der Waals surface area contributed by atoms with Crippen LogP contribution >= 0.6 is 0 Å². The molecule has 0 aromatic rings. The van der Waals surface area contributed by atoms with E-state index in [-0.39, 0.29) is 6.04 Å². The molecule has 0 atom stereocenters. The smallest absolute Gasteiger partial charge is 0.208 e. The van der Waals surface area contributed by atoms with Gasteiger partial charge < -0.3 is 4.90 Å². The molecule has 1 N–H and O–H groups in total. The highest BCUT2D eigenvalue weighted by atomic mass is 32.2. The van der Waals surface area contributed by atoms with Crippen LogP contribution in [0.1, 0.15) is 33.6 Å². The summed E-state index contributed by atoms with van der Waals surface area (Å²) >= 11 is 0. The summed E-state index contributed by atoms with van der Waals surface area (Å²) in [5.74, 6) is 0. The molecule has 5 heteroatoms. The van der Waals surface area contributed by atoms with Gasteiger partial charge in [0.15, 0.2) is 0 Å². The molecule has 4 nitrogen and oxygen atoms in total. The average Bonchev–Trinajstić information content (AvgIpc) is 2.20. The van der Waals surface area contributed by atoms with Crippen LogP contribution in [0.5, 0.6) is 0 Å². The first-order chi connectivity index (χ1) is 7.01. The van der Waals surface area contributed by atoms with Crippen molar-refractivity contribution < 1.29 is 8.42 Å². The molecule has 1 heterocycles. The molecule has 1 fully saturated rings. The summed E-state index contributed by atoms with van der Waals surface area (Å²) in [5.41, 5.74) is 0. The number of piperidine rings is 1. The lowest BCUT2D eigenvalue weighted by atomic mass is 10.1. The lowest BCUT2D eigenvalue weighted by Crippen LogP contribution is -2.44. The lowest BCUT2D eigenvalue weighted by Gasteiger charge is -2.30. The van der Waals surface area contributed by atoms with Crippen LogP contribution in [-0.2, 0) is 10.0 Å². The van der Waals surface area contributed by atoms with E-state index in [0.717, 1.165) is 32.5 Å². The van der Waals surface area contributed by atoms with E-state index in [1.807, 2.05) is 13.8 Å². The van der Waals surface area contributed by atoms with Crippen LogP contribution in [0.25, 0.3) is 0 Å². The van der Waals surface area contributed by atoms with Crippen LogP contribution in [0.3, 0.4) is 0 Å². The minimum Gasteiger partial charge on any atom is -0.303 e. The van der Waals surface area contributed by atoms with Crippen LogP contribution in [0.4, 0.5) is 0 Å². The Hall–Kier alpha value is -0.130. The van der Waals surface area contributed by atoms with Crippen LogP contribution < -0.4 is 4.72 Å². The summed E-state index contributed by atoms with van der Waals surface area (Å²) in [6.45, 7) is 9.20. The maximum atomic E-state index is 10.9. The summed E-state index contributed by atoms with van der Waals surface area (Å²) in [5, 5.41) is 0. The molecule has 92 valence electrons. The zero-order valence-electron chi connectivity index (χ0n) is 10.3. The molecule has 0 saturated carbocycles. The Balaban J connectivity index is 0.000000921. The average molecular weight is 236 g/mol. The maximum absolute atomic E-state index is 10.9. The van der Waals surface area contributed by atoms with Gasteiger partial charge >= 0.3 is 0 Å². The Labute approximate surface area is 94.1 Å². The number of hydrogen-bond donors (Lipinski definition) is 1. The van der Waals surface area contributed by atoms with Gasteiger partial charge in [0.2, 0.25) is 10.0 Å². The highest BCUT2D eigenvalue weighted by Crippen LogP contribution is 2.10. The number of nitrogens with one attached hydrogen (secondary N) is 1. The van der Waals surface area contributed by atoms with Gasteiger partial charge in [-0.3, -0.25) is 0 Å². The summed E-state index contributed by atoms with van der Waals surface area (Å²) in [6.07, 6.45) is 3.08. The predicted molar refractivity (Wildman–Crippen MR) is 64.5 cm³/mol. The standard InChI is InChI=1S/C8H18N2O2S.C2H6/c1-3-10-6-4-8(5-7-10)9-13(2,11)12;1-2/h8-9H,3-7H2,1-2H3;1-2H3. The molecule has 0 bridgehead atoms. The molecule has 0 spiro atoms. The van der Waals surface area contributed by atoms with Gasteiger partial charge in [0, 0.05) is 6.04 Å². The van der Waals surface area contributed by atoms with Crippen molar-refractivity contribution >= 4 is 10.0 Å². The highest BCUT2D eigenvalue weighted by Gasteiger charge is 2.20. The second kappa shape index (κ2) is 7.19. The van der Waals surface area contributed by atoms with Crippen molar-refractivity contribution in [2.45, 2.75) is 39.7 Å². The van der Waals surface area contributed by atoms with Crippen LogP contribution in [-0.4, -0.2) is 45.2 Å². The third kappa shape index (κ3) is 6.87. The molecule has 0 aromatic heterocycles. The van der Waals surface area contributed by atoms with E-state index in [1.165, 1.54) is 6.26 Å². The van der Waals surface area contributed by atoms with Crippen LogP contribution in [0.15, 0.2) is 0 Å². The molecule has 1 aliphatic heterocycles. The number of hydrogen-bond acceptors (Lipinski definition) is 3. The van der Waals surface area contributed by atoms with Gasteiger partial charge in [0.05, 0.1) is 6.26 Å². The fraction of sp³-hybridized carbons (Fsp3) is 1.00. The van der Waals surface area contributed by atoms with Gasteiger partial charge in [0.25, 0.3) is 0 Å². The third-order valence-electron chi connectivity index (χ3n) is 2.42. The fourth-order valence-electron chi connectivity index (χ4n) is 1.67. The molecule has 1 saturated heterocycles. The van der Waals surface area contributed by atoms with Gasteiger partial charge in [-0.2, -0.15) is 0 Å². The van der Waals surface area contributed by atoms with Gasteiger partial charge in [-0.15, -0.1) is 0 Å². The van der Waals surface area contributed by atoms with Crippen molar-refractivity contribution in [1.29, 1.82) is 0 Å². The normalized spacial score (nSPS) is 19.5. The first-order valence-electron chi connectivity index (χ1n) is 5.71. The maximum Gasteiger partial charge on any atom is 0.208 e. The Morgan fingerprint density at radius 1 is 1.27 bits per heavy atom. The van der Waals surface area contributed by atoms with Gasteiger partial charge in [-0.25, -0.2) is 13.1 Å². The van der Waals surface area contributed by atoms with Crippen molar-refractivity contribution in [2.24, 2.45) is 0 Å². The molecular weight excluding hydrogens is 212 g/mol. The zero-order chi connectivity index (χ0) is 11.9. The second-order valence-corrected chi connectivity index (χ2v) is 5.38. The molecule has 1 aliphatic rings. The molecule has 15 heavy (non-hydrogen) atoms. The SMILES string of the molecule is CC.CCN1CCC(NS(C)(=O)=O)CC1. The Kier molecular flexibility index (Phi) is 7.13. The monoisotopic (exact) mass is 236 g/mol. The van der Waals surface area contributed by atoms with Crippen molar-refractivity contribution in [3.63, 3.8) is 0 Å². The molecule has 0 amide bonds. The van der Waals surface area contributed by atoms with Gasteiger partial charge in [-0.05, 0) is 32.5 Å². The van der Waals surface area contributed by atoms with Crippen molar-refractivity contribution in [3.8, 4) is 0 Å². The van der Waals surface area contributed by atoms with E-state index in [2.05, 4.69) is 16.5 Å². The largest absolute Gasteiger partial charge is 0.303 e. The van der Waals surface area contributed by atoms with Crippen molar-refractivity contribution in [2.75, 3.05) is 25.9 Å². The topological polar surface area (TPSA) is 49.4 Å². The minimum atomic E-state index is -3.02. The number of rotatable bonds is 3. The Morgan fingerprint density at radius 2 is 1.73 bits per heavy atom. The van der Waals surface area contributed by atoms with Gasteiger partial charge in [-0.1, -0.05) is 20.8 Å². The summed E-state index contributed by atoms with van der Waals surface area (Å²) in [6, 6.07) is 0.151. The van der Waals surface area contributed by atoms with Gasteiger partial charge in [0.1, 0.15) is 0 Å². The van der Waals surface area contributed by atoms with E-state index in [9.17, 15) is 8.42 Å². The summed E-state index contributed by atoms with van der Waals surface area (Å²) in [4.78, 5) is 2.33. The third-order valence-corrected chi connectivity index (χ3v) is 3.18. The number of sulfonamides is 1. The molecule has 0 aromatic carbocycles. The molecule has 0 unspecified atom stereocenters.